The van der Waals surface area contributed by atoms with Crippen molar-refractivity contribution in [1.29, 1.82) is 0 Å². The molecule has 1 aliphatic heterocycles. The third-order valence-electron chi connectivity index (χ3n) is 4.96. The average molecular weight is 451 g/mol. The molecule has 1 amide bonds. The van der Waals surface area contributed by atoms with Crippen LogP contribution in [0.1, 0.15) is 30.1 Å². The Morgan fingerprint density at radius 1 is 1.10 bits per heavy atom. The van der Waals surface area contributed by atoms with Gasteiger partial charge in [0.25, 0.3) is 5.91 Å². The minimum Gasteiger partial charge on any atom is -0.449 e. The maximum atomic E-state index is 12.8. The van der Waals surface area contributed by atoms with E-state index in [1.165, 1.54) is 34.3 Å². The van der Waals surface area contributed by atoms with Crippen LogP contribution in [-0.4, -0.2) is 50.8 Å². The highest BCUT2D eigenvalue weighted by Crippen LogP contribution is 2.28. The predicted molar refractivity (Wildman–Crippen MR) is 114 cm³/mol. The van der Waals surface area contributed by atoms with Crippen LogP contribution in [-0.2, 0) is 19.6 Å². The van der Waals surface area contributed by atoms with Crippen LogP contribution in [0.3, 0.4) is 0 Å². The molecular formula is C21H23ClN2O5S. The molecule has 9 heteroatoms. The largest absolute Gasteiger partial charge is 0.449 e. The summed E-state index contributed by atoms with van der Waals surface area (Å²) in [6.07, 6.45) is 0.511. The lowest BCUT2D eigenvalue weighted by molar-refractivity contribution is -0.126. The first kappa shape index (κ1) is 22.3. The maximum absolute atomic E-state index is 12.8. The molecule has 0 saturated carbocycles. The number of carbonyl (C=O) groups is 2. The summed E-state index contributed by atoms with van der Waals surface area (Å²) in [5.41, 5.74) is 0.676. The van der Waals surface area contributed by atoms with Crippen molar-refractivity contribution < 1.29 is 22.7 Å². The summed E-state index contributed by atoms with van der Waals surface area (Å²) in [5.74, 6) is -1.21. The zero-order valence-electron chi connectivity index (χ0n) is 16.7. The molecule has 1 fully saturated rings. The Kier molecular flexibility index (Phi) is 6.80. The molecule has 0 radical (unpaired) electrons. The topological polar surface area (TPSA) is 84.0 Å². The molecule has 7 nitrogen and oxygen atoms in total. The molecule has 2 aromatic rings. The molecule has 0 spiro atoms. The van der Waals surface area contributed by atoms with Crippen LogP contribution < -0.4 is 4.90 Å². The number of likely N-dealkylation sites (N-methyl/N-ethyl adjacent to an activating group) is 1. The van der Waals surface area contributed by atoms with E-state index in [2.05, 4.69) is 0 Å². The third-order valence-corrected chi connectivity index (χ3v) is 7.34. The molecule has 0 unspecified atom stereocenters. The molecule has 0 aliphatic carbocycles. The summed E-state index contributed by atoms with van der Waals surface area (Å²) >= 11 is 6.11. The van der Waals surface area contributed by atoms with Gasteiger partial charge in [-0.05, 0) is 50.1 Å². The number of nitrogens with zero attached hydrogens (tertiary/aromatic N) is 2. The van der Waals surface area contributed by atoms with Crippen molar-refractivity contribution in [2.45, 2.75) is 30.8 Å². The van der Waals surface area contributed by atoms with E-state index in [1.54, 1.807) is 31.3 Å². The summed E-state index contributed by atoms with van der Waals surface area (Å²) in [6.45, 7) is 2.31. The standard InChI is InChI=1S/C21H23ClN2O5S/c1-15(20(25)23(2)17-8-4-3-5-9-17)29-21(26)16-10-11-18(22)19(14-16)30(27,28)24-12-6-7-13-24/h3-5,8-11,14-15H,6-7,12-13H2,1-2H3/t15-/m1/s1. The summed E-state index contributed by atoms with van der Waals surface area (Å²) in [6, 6.07) is 12.9. The predicted octanol–water partition coefficient (Wildman–Crippen LogP) is 3.33. The highest BCUT2D eigenvalue weighted by atomic mass is 35.5. The molecule has 1 aliphatic rings. The molecule has 1 heterocycles. The number of anilines is 1. The second-order valence-electron chi connectivity index (χ2n) is 7.04. The lowest BCUT2D eigenvalue weighted by atomic mass is 10.2. The van der Waals surface area contributed by atoms with Crippen molar-refractivity contribution in [2.75, 3.05) is 25.0 Å². The van der Waals surface area contributed by atoms with Crippen molar-refractivity contribution in [2.24, 2.45) is 0 Å². The van der Waals surface area contributed by atoms with Gasteiger partial charge in [0.15, 0.2) is 6.10 Å². The normalized spacial score (nSPS) is 15.6. The van der Waals surface area contributed by atoms with Gasteiger partial charge in [0.05, 0.1) is 10.6 Å². The summed E-state index contributed by atoms with van der Waals surface area (Å²) in [4.78, 5) is 26.4. The van der Waals surface area contributed by atoms with E-state index in [0.29, 0.717) is 18.8 Å². The van der Waals surface area contributed by atoms with E-state index in [0.717, 1.165) is 12.8 Å². The molecule has 1 atom stereocenters. The number of ether oxygens (including phenoxy) is 1. The number of esters is 1. The molecule has 1 saturated heterocycles. The van der Waals surface area contributed by atoms with Gasteiger partial charge in [-0.25, -0.2) is 13.2 Å². The van der Waals surface area contributed by atoms with Crippen molar-refractivity contribution in [3.05, 3.63) is 59.1 Å². The molecule has 160 valence electrons. The Balaban J connectivity index is 1.76. The van der Waals surface area contributed by atoms with Gasteiger partial charge in [0.1, 0.15) is 4.90 Å². The molecule has 30 heavy (non-hydrogen) atoms. The van der Waals surface area contributed by atoms with Crippen LogP contribution >= 0.6 is 11.6 Å². The molecule has 0 bridgehead atoms. The van der Waals surface area contributed by atoms with Gasteiger partial charge in [-0.2, -0.15) is 4.31 Å². The number of hydrogen-bond acceptors (Lipinski definition) is 5. The second-order valence-corrected chi connectivity index (χ2v) is 9.35. The van der Waals surface area contributed by atoms with Gasteiger partial charge < -0.3 is 9.64 Å². The van der Waals surface area contributed by atoms with E-state index >= 15 is 0 Å². The van der Waals surface area contributed by atoms with Gasteiger partial charge in [-0.1, -0.05) is 29.8 Å². The Hall–Kier alpha value is -2.42. The van der Waals surface area contributed by atoms with E-state index < -0.39 is 28.0 Å². The van der Waals surface area contributed by atoms with Crippen LogP contribution in [0.25, 0.3) is 0 Å². The van der Waals surface area contributed by atoms with E-state index in [-0.39, 0.29) is 15.5 Å². The van der Waals surface area contributed by atoms with Gasteiger partial charge in [0, 0.05) is 25.8 Å². The fourth-order valence-corrected chi connectivity index (χ4v) is 5.24. The van der Waals surface area contributed by atoms with Crippen LogP contribution in [0, 0.1) is 0 Å². The van der Waals surface area contributed by atoms with Crippen LogP contribution in [0.15, 0.2) is 53.4 Å². The number of carbonyl (C=O) groups excluding carboxylic acids is 2. The highest BCUT2D eigenvalue weighted by molar-refractivity contribution is 7.89. The number of hydrogen-bond donors (Lipinski definition) is 0. The van der Waals surface area contributed by atoms with E-state index in [9.17, 15) is 18.0 Å². The fourth-order valence-electron chi connectivity index (χ4n) is 3.23. The first-order valence-electron chi connectivity index (χ1n) is 9.55. The van der Waals surface area contributed by atoms with Crippen LogP contribution in [0.2, 0.25) is 5.02 Å². The molecule has 3 rings (SSSR count). The molecular weight excluding hydrogens is 428 g/mol. The monoisotopic (exact) mass is 450 g/mol. The number of sulfonamides is 1. The maximum Gasteiger partial charge on any atom is 0.338 e. The lowest BCUT2D eigenvalue weighted by Gasteiger charge is -2.22. The Labute approximate surface area is 181 Å². The molecule has 0 N–H and O–H groups in total. The van der Waals surface area contributed by atoms with Gasteiger partial charge in [0.2, 0.25) is 10.0 Å². The quantitative estimate of drug-likeness (QED) is 0.630. The highest BCUT2D eigenvalue weighted by Gasteiger charge is 2.30. The zero-order chi connectivity index (χ0) is 21.9. The van der Waals surface area contributed by atoms with Crippen LogP contribution in [0.5, 0.6) is 0 Å². The number of para-hydroxylation sites is 1. The van der Waals surface area contributed by atoms with E-state index in [1.807, 2.05) is 6.07 Å². The number of benzene rings is 2. The minimum atomic E-state index is -3.80. The lowest BCUT2D eigenvalue weighted by Crippen LogP contribution is -2.37. The van der Waals surface area contributed by atoms with Crippen molar-refractivity contribution >= 4 is 39.2 Å². The van der Waals surface area contributed by atoms with Crippen molar-refractivity contribution in [3.8, 4) is 0 Å². The van der Waals surface area contributed by atoms with Crippen molar-refractivity contribution in [3.63, 3.8) is 0 Å². The molecule has 2 aromatic carbocycles. The van der Waals surface area contributed by atoms with Crippen LogP contribution in [0.4, 0.5) is 5.69 Å². The number of rotatable bonds is 6. The van der Waals surface area contributed by atoms with Crippen molar-refractivity contribution in [1.82, 2.24) is 4.31 Å². The fraction of sp³-hybridized carbons (Fsp3) is 0.333. The SMILES string of the molecule is C[C@@H](OC(=O)c1ccc(Cl)c(S(=O)(=O)N2CCCC2)c1)C(=O)N(C)c1ccccc1. The Bertz CT molecular complexity index is 1040. The van der Waals surface area contributed by atoms with Gasteiger partial charge >= 0.3 is 5.97 Å². The van der Waals surface area contributed by atoms with Gasteiger partial charge in [-0.3, -0.25) is 4.79 Å². The first-order valence-corrected chi connectivity index (χ1v) is 11.4. The summed E-state index contributed by atoms with van der Waals surface area (Å²) in [5, 5.41) is 0.0337. The Morgan fingerprint density at radius 3 is 2.37 bits per heavy atom. The minimum absolute atomic E-state index is 0.0131. The van der Waals surface area contributed by atoms with E-state index in [4.69, 9.17) is 16.3 Å². The summed E-state index contributed by atoms with van der Waals surface area (Å²) < 4.78 is 32.3. The second kappa shape index (κ2) is 9.16. The number of halogens is 1. The average Bonchev–Trinajstić information content (AvgIpc) is 3.29. The first-order chi connectivity index (χ1) is 14.2. The number of amides is 1. The Morgan fingerprint density at radius 2 is 1.73 bits per heavy atom. The zero-order valence-corrected chi connectivity index (χ0v) is 18.3. The molecule has 0 aromatic heterocycles. The third kappa shape index (κ3) is 4.66. The smallest absolute Gasteiger partial charge is 0.338 e. The summed E-state index contributed by atoms with van der Waals surface area (Å²) in [7, 11) is -2.21. The van der Waals surface area contributed by atoms with Gasteiger partial charge in [-0.15, -0.1) is 0 Å².